The molecule has 0 fully saturated rings. The first-order chi connectivity index (χ1) is 11.0. The molecule has 7 heteroatoms. The third kappa shape index (κ3) is 4.86. The summed E-state index contributed by atoms with van der Waals surface area (Å²) in [7, 11) is 1.55. The van der Waals surface area contributed by atoms with Crippen molar-refractivity contribution in [2.75, 3.05) is 7.11 Å². The summed E-state index contributed by atoms with van der Waals surface area (Å²) in [6, 6.07) is 10.2. The molecule has 1 amide bonds. The van der Waals surface area contributed by atoms with Gasteiger partial charge in [0.2, 0.25) is 5.91 Å². The second-order valence-electron chi connectivity index (χ2n) is 4.56. The highest BCUT2D eigenvalue weighted by molar-refractivity contribution is 6.38. The molecule has 120 valence electrons. The van der Waals surface area contributed by atoms with E-state index >= 15 is 0 Å². The van der Waals surface area contributed by atoms with E-state index < -0.39 is 0 Å². The number of nitrogens with one attached hydrogen (secondary N) is 1. The van der Waals surface area contributed by atoms with Gasteiger partial charge in [0.15, 0.2) is 0 Å². The van der Waals surface area contributed by atoms with Gasteiger partial charge in [0.25, 0.3) is 0 Å². The van der Waals surface area contributed by atoms with Gasteiger partial charge in [-0.15, -0.1) is 0 Å². The van der Waals surface area contributed by atoms with Gasteiger partial charge in [-0.2, -0.15) is 5.10 Å². The zero-order valence-electron chi connectivity index (χ0n) is 12.1. The fourth-order valence-electron chi connectivity index (χ4n) is 1.83. The minimum atomic E-state index is -0.320. The van der Waals surface area contributed by atoms with E-state index in [1.54, 1.807) is 43.5 Å². The minimum Gasteiger partial charge on any atom is -0.497 e. The number of amides is 1. The highest BCUT2D eigenvalue weighted by atomic mass is 35.5. The van der Waals surface area contributed by atoms with Gasteiger partial charge in [0, 0.05) is 10.6 Å². The Labute approximate surface area is 149 Å². The first-order valence-electron chi connectivity index (χ1n) is 6.59. The summed E-state index contributed by atoms with van der Waals surface area (Å²) in [6.45, 7) is 0. The lowest BCUT2D eigenvalue weighted by Gasteiger charge is -2.06. The number of halogens is 3. The summed E-state index contributed by atoms with van der Waals surface area (Å²) in [5.74, 6) is 0.308. The molecule has 1 N–H and O–H groups in total. The van der Waals surface area contributed by atoms with Crippen LogP contribution in [0.1, 0.15) is 11.1 Å². The molecule has 4 nitrogen and oxygen atoms in total. The Morgan fingerprint density at radius 3 is 2.52 bits per heavy atom. The van der Waals surface area contributed by atoms with Crippen molar-refractivity contribution < 1.29 is 9.53 Å². The Morgan fingerprint density at radius 1 is 1.17 bits per heavy atom. The zero-order chi connectivity index (χ0) is 16.8. The standard InChI is InChI=1S/C16H13Cl3N2O2/c1-23-11-5-6-13(17)10(7-11)8-16(22)21-20-9-12-14(18)3-2-4-15(12)19/h2-7,9H,8H2,1H3,(H,21,22)/b20-9+. The third-order valence-corrected chi connectivity index (χ3v) is 4.01. The van der Waals surface area contributed by atoms with Crippen LogP contribution in [0.3, 0.4) is 0 Å². The molecule has 0 saturated carbocycles. The Bertz CT molecular complexity index is 728. The van der Waals surface area contributed by atoms with Gasteiger partial charge in [-0.25, -0.2) is 5.43 Å². The van der Waals surface area contributed by atoms with Gasteiger partial charge in [0.05, 0.1) is 29.8 Å². The van der Waals surface area contributed by atoms with Gasteiger partial charge in [-0.05, 0) is 35.9 Å². The summed E-state index contributed by atoms with van der Waals surface area (Å²) in [5, 5.41) is 5.25. The van der Waals surface area contributed by atoms with Crippen LogP contribution in [0, 0.1) is 0 Å². The van der Waals surface area contributed by atoms with Crippen molar-refractivity contribution in [3.8, 4) is 5.75 Å². The van der Waals surface area contributed by atoms with E-state index in [1.165, 1.54) is 6.21 Å². The molecule has 0 aliphatic rings. The molecule has 2 rings (SSSR count). The largest absolute Gasteiger partial charge is 0.497 e. The van der Waals surface area contributed by atoms with Gasteiger partial charge >= 0.3 is 0 Å². The number of hydrogen-bond donors (Lipinski definition) is 1. The number of nitrogens with zero attached hydrogens (tertiary/aromatic N) is 1. The molecular formula is C16H13Cl3N2O2. The molecule has 0 aliphatic carbocycles. The molecule has 0 saturated heterocycles. The van der Waals surface area contributed by atoms with E-state index in [9.17, 15) is 4.79 Å². The Morgan fingerprint density at radius 2 is 1.87 bits per heavy atom. The van der Waals surface area contributed by atoms with Gasteiger partial charge in [-0.3, -0.25) is 4.79 Å². The maximum Gasteiger partial charge on any atom is 0.244 e. The molecular weight excluding hydrogens is 359 g/mol. The van der Waals surface area contributed by atoms with Crippen LogP contribution >= 0.6 is 34.8 Å². The fourth-order valence-corrected chi connectivity index (χ4v) is 2.51. The van der Waals surface area contributed by atoms with Gasteiger partial charge in [-0.1, -0.05) is 40.9 Å². The van der Waals surface area contributed by atoms with E-state index in [0.29, 0.717) is 31.9 Å². The van der Waals surface area contributed by atoms with Crippen molar-refractivity contribution in [1.82, 2.24) is 5.43 Å². The monoisotopic (exact) mass is 370 g/mol. The van der Waals surface area contributed by atoms with Crippen molar-refractivity contribution in [1.29, 1.82) is 0 Å². The normalized spacial score (nSPS) is 10.8. The second kappa shape index (κ2) is 8.20. The van der Waals surface area contributed by atoms with Crippen LogP contribution in [0.15, 0.2) is 41.5 Å². The SMILES string of the molecule is COc1ccc(Cl)c(CC(=O)N/N=C/c2c(Cl)cccc2Cl)c1. The number of carbonyl (C=O) groups excluding carboxylic acids is 1. The van der Waals surface area contributed by atoms with E-state index in [0.717, 1.165) is 0 Å². The lowest BCUT2D eigenvalue weighted by molar-refractivity contribution is -0.120. The van der Waals surface area contributed by atoms with E-state index in [-0.39, 0.29) is 12.3 Å². The Balaban J connectivity index is 2.02. The lowest BCUT2D eigenvalue weighted by atomic mass is 10.1. The molecule has 23 heavy (non-hydrogen) atoms. The average molecular weight is 372 g/mol. The van der Waals surface area contributed by atoms with Crippen LogP contribution in [0.2, 0.25) is 15.1 Å². The highest BCUT2D eigenvalue weighted by Gasteiger charge is 2.08. The smallest absolute Gasteiger partial charge is 0.244 e. The molecule has 0 heterocycles. The third-order valence-electron chi connectivity index (χ3n) is 2.99. The summed E-state index contributed by atoms with van der Waals surface area (Å²) < 4.78 is 5.11. The van der Waals surface area contributed by atoms with Crippen molar-refractivity contribution in [3.63, 3.8) is 0 Å². The molecule has 0 bridgehead atoms. The minimum absolute atomic E-state index is 0.0730. The van der Waals surface area contributed by atoms with E-state index in [2.05, 4.69) is 10.5 Å². The van der Waals surface area contributed by atoms with Crippen LogP contribution in [-0.2, 0) is 11.2 Å². The average Bonchev–Trinajstić information content (AvgIpc) is 2.52. The van der Waals surface area contributed by atoms with Crippen LogP contribution in [0.4, 0.5) is 0 Å². The maximum atomic E-state index is 11.9. The fraction of sp³-hybridized carbons (Fsp3) is 0.125. The summed E-state index contributed by atoms with van der Waals surface area (Å²) in [6.07, 6.45) is 1.47. The number of ether oxygens (including phenoxy) is 1. The van der Waals surface area contributed by atoms with Gasteiger partial charge < -0.3 is 4.74 Å². The Kier molecular flexibility index (Phi) is 6.28. The van der Waals surface area contributed by atoms with Crippen molar-refractivity contribution in [2.45, 2.75) is 6.42 Å². The Hall–Kier alpha value is -1.75. The second-order valence-corrected chi connectivity index (χ2v) is 5.78. The highest BCUT2D eigenvalue weighted by Crippen LogP contribution is 2.23. The summed E-state index contributed by atoms with van der Waals surface area (Å²) in [4.78, 5) is 11.9. The molecule has 0 unspecified atom stereocenters. The first kappa shape index (κ1) is 17.6. The number of carbonyl (C=O) groups is 1. The predicted octanol–water partition coefficient (Wildman–Crippen LogP) is 4.35. The predicted molar refractivity (Wildman–Crippen MR) is 93.9 cm³/mol. The number of benzene rings is 2. The number of rotatable bonds is 5. The number of hydrogen-bond acceptors (Lipinski definition) is 3. The maximum absolute atomic E-state index is 11.9. The summed E-state index contributed by atoms with van der Waals surface area (Å²) >= 11 is 18.1. The van der Waals surface area contributed by atoms with Crippen LogP contribution in [0.5, 0.6) is 5.75 Å². The molecule has 2 aromatic carbocycles. The van der Waals surface area contributed by atoms with Gasteiger partial charge in [0.1, 0.15) is 5.75 Å². The molecule has 0 aromatic heterocycles. The summed E-state index contributed by atoms with van der Waals surface area (Å²) in [5.41, 5.74) is 3.60. The van der Waals surface area contributed by atoms with Crippen LogP contribution in [-0.4, -0.2) is 19.2 Å². The lowest BCUT2D eigenvalue weighted by Crippen LogP contribution is -2.20. The van der Waals surface area contributed by atoms with Crippen molar-refractivity contribution in [3.05, 3.63) is 62.6 Å². The number of hydrazone groups is 1. The van der Waals surface area contributed by atoms with Crippen LogP contribution in [0.25, 0.3) is 0 Å². The molecule has 0 atom stereocenters. The molecule has 0 spiro atoms. The van der Waals surface area contributed by atoms with Crippen LogP contribution < -0.4 is 10.2 Å². The van der Waals surface area contributed by atoms with Crippen molar-refractivity contribution >= 4 is 46.9 Å². The molecule has 0 aliphatic heterocycles. The quantitative estimate of drug-likeness (QED) is 0.627. The van der Waals surface area contributed by atoms with E-state index in [1.807, 2.05) is 0 Å². The topological polar surface area (TPSA) is 50.7 Å². The molecule has 2 aromatic rings. The first-order valence-corrected chi connectivity index (χ1v) is 7.73. The van der Waals surface area contributed by atoms with E-state index in [4.69, 9.17) is 39.5 Å². The van der Waals surface area contributed by atoms with Crippen molar-refractivity contribution in [2.24, 2.45) is 5.10 Å². The molecule has 0 radical (unpaired) electrons. The zero-order valence-corrected chi connectivity index (χ0v) is 14.4. The number of methoxy groups -OCH3 is 1.